The summed E-state index contributed by atoms with van der Waals surface area (Å²) < 4.78 is 13.3. The molecule has 0 aromatic heterocycles. The van der Waals surface area contributed by atoms with Gasteiger partial charge in [0, 0.05) is 18.5 Å². The molecule has 100 valence electrons. The fourth-order valence-corrected chi connectivity index (χ4v) is 1.56. The Kier molecular flexibility index (Phi) is 5.28. The minimum absolute atomic E-state index is 0.0372. The fraction of sp³-hybridized carbons (Fsp3) is 0.500. The maximum absolute atomic E-state index is 13.3. The Morgan fingerprint density at radius 2 is 2.06 bits per heavy atom. The number of carbonyl (C=O) groups is 1. The summed E-state index contributed by atoms with van der Waals surface area (Å²) in [5, 5.41) is 2.77. The highest BCUT2D eigenvalue weighted by atomic mass is 19.1. The average Bonchev–Trinajstić information content (AvgIpc) is 2.28. The van der Waals surface area contributed by atoms with Crippen LogP contribution in [-0.2, 0) is 11.2 Å². The summed E-state index contributed by atoms with van der Waals surface area (Å²) in [7, 11) is 0. The third kappa shape index (κ3) is 5.77. The van der Waals surface area contributed by atoms with Crippen molar-refractivity contribution in [2.75, 3.05) is 6.54 Å². The summed E-state index contributed by atoms with van der Waals surface area (Å²) in [6, 6.07) is 6.59. The first kappa shape index (κ1) is 14.6. The smallest absolute Gasteiger partial charge is 0.220 e. The second-order valence-electron chi connectivity index (χ2n) is 5.18. The molecule has 0 atom stereocenters. The molecule has 1 aromatic rings. The Hall–Kier alpha value is -1.42. The van der Waals surface area contributed by atoms with Gasteiger partial charge in [0.1, 0.15) is 5.82 Å². The third-order valence-corrected chi connectivity index (χ3v) is 2.67. The van der Waals surface area contributed by atoms with Gasteiger partial charge in [-0.2, -0.15) is 0 Å². The Morgan fingerprint density at radius 3 is 2.67 bits per heavy atom. The molecule has 1 aromatic carbocycles. The first-order valence-electron chi connectivity index (χ1n) is 6.17. The quantitative estimate of drug-likeness (QED) is 0.813. The topological polar surface area (TPSA) is 55.1 Å². The standard InChI is InChI=1S/C14H21FN2O/c1-14(2,16)9-7-13(18)17-10-8-11-5-3-4-6-12(11)15/h3-6H,7-10,16H2,1-2H3,(H,17,18). The predicted octanol–water partition coefficient (Wildman–Crippen LogP) is 2.00. The highest BCUT2D eigenvalue weighted by Crippen LogP contribution is 2.08. The van der Waals surface area contributed by atoms with E-state index in [1.165, 1.54) is 6.07 Å². The SMILES string of the molecule is CC(C)(N)CCC(=O)NCCc1ccccc1F. The molecule has 18 heavy (non-hydrogen) atoms. The molecule has 0 spiro atoms. The number of rotatable bonds is 6. The van der Waals surface area contributed by atoms with Crippen molar-refractivity contribution in [3.8, 4) is 0 Å². The number of carbonyl (C=O) groups excluding carboxylic acids is 1. The number of halogens is 1. The van der Waals surface area contributed by atoms with Crippen LogP contribution in [0.5, 0.6) is 0 Å². The van der Waals surface area contributed by atoms with E-state index in [0.29, 0.717) is 31.4 Å². The van der Waals surface area contributed by atoms with Gasteiger partial charge in [-0.25, -0.2) is 4.39 Å². The summed E-state index contributed by atoms with van der Waals surface area (Å²) in [5.74, 6) is -0.264. The number of nitrogens with two attached hydrogens (primary N) is 1. The second kappa shape index (κ2) is 6.50. The van der Waals surface area contributed by atoms with Gasteiger partial charge in [0.25, 0.3) is 0 Å². The number of hydrogen-bond acceptors (Lipinski definition) is 2. The van der Waals surface area contributed by atoms with Crippen LogP contribution in [-0.4, -0.2) is 18.0 Å². The van der Waals surface area contributed by atoms with Crippen LogP contribution in [0, 0.1) is 5.82 Å². The van der Waals surface area contributed by atoms with Gasteiger partial charge < -0.3 is 11.1 Å². The van der Waals surface area contributed by atoms with Crippen LogP contribution in [0.4, 0.5) is 4.39 Å². The van der Waals surface area contributed by atoms with Crippen LogP contribution in [0.2, 0.25) is 0 Å². The van der Waals surface area contributed by atoms with Crippen molar-refractivity contribution in [1.29, 1.82) is 0 Å². The molecule has 3 nitrogen and oxygen atoms in total. The normalized spacial score (nSPS) is 11.3. The Labute approximate surface area is 108 Å². The summed E-state index contributed by atoms with van der Waals surface area (Å²) in [6.07, 6.45) is 1.55. The van der Waals surface area contributed by atoms with E-state index in [1.54, 1.807) is 18.2 Å². The van der Waals surface area contributed by atoms with Crippen molar-refractivity contribution in [2.24, 2.45) is 5.73 Å². The van der Waals surface area contributed by atoms with E-state index in [0.717, 1.165) is 0 Å². The summed E-state index contributed by atoms with van der Waals surface area (Å²) in [4.78, 5) is 11.5. The van der Waals surface area contributed by atoms with E-state index < -0.39 is 0 Å². The fourth-order valence-electron chi connectivity index (χ4n) is 1.56. The highest BCUT2D eigenvalue weighted by Gasteiger charge is 2.12. The second-order valence-corrected chi connectivity index (χ2v) is 5.18. The van der Waals surface area contributed by atoms with Crippen LogP contribution >= 0.6 is 0 Å². The van der Waals surface area contributed by atoms with E-state index >= 15 is 0 Å². The van der Waals surface area contributed by atoms with Gasteiger partial charge in [-0.1, -0.05) is 18.2 Å². The average molecular weight is 252 g/mol. The van der Waals surface area contributed by atoms with Crippen molar-refractivity contribution < 1.29 is 9.18 Å². The number of benzene rings is 1. The number of amides is 1. The lowest BCUT2D eigenvalue weighted by molar-refractivity contribution is -0.121. The molecular formula is C14H21FN2O. The molecule has 0 unspecified atom stereocenters. The lowest BCUT2D eigenvalue weighted by Crippen LogP contribution is -2.34. The van der Waals surface area contributed by atoms with Gasteiger partial charge in [-0.3, -0.25) is 4.79 Å². The molecule has 1 rings (SSSR count). The van der Waals surface area contributed by atoms with Crippen LogP contribution in [0.15, 0.2) is 24.3 Å². The van der Waals surface area contributed by atoms with Crippen molar-refractivity contribution in [1.82, 2.24) is 5.32 Å². The molecule has 0 saturated heterocycles. The Bertz CT molecular complexity index is 399. The maximum Gasteiger partial charge on any atom is 0.220 e. The van der Waals surface area contributed by atoms with Gasteiger partial charge >= 0.3 is 0 Å². The van der Waals surface area contributed by atoms with Gasteiger partial charge in [0.15, 0.2) is 0 Å². The molecule has 0 radical (unpaired) electrons. The van der Waals surface area contributed by atoms with Crippen LogP contribution in [0.3, 0.4) is 0 Å². The molecule has 0 aliphatic carbocycles. The van der Waals surface area contributed by atoms with Gasteiger partial charge in [-0.05, 0) is 38.3 Å². The number of hydrogen-bond donors (Lipinski definition) is 2. The minimum Gasteiger partial charge on any atom is -0.356 e. The van der Waals surface area contributed by atoms with E-state index in [2.05, 4.69) is 5.32 Å². The predicted molar refractivity (Wildman–Crippen MR) is 70.6 cm³/mol. The zero-order chi connectivity index (χ0) is 13.6. The van der Waals surface area contributed by atoms with Gasteiger partial charge in [0.2, 0.25) is 5.91 Å². The maximum atomic E-state index is 13.3. The summed E-state index contributed by atoms with van der Waals surface area (Å²) in [6.45, 7) is 4.23. The lowest BCUT2D eigenvalue weighted by Gasteiger charge is -2.17. The highest BCUT2D eigenvalue weighted by molar-refractivity contribution is 5.75. The van der Waals surface area contributed by atoms with Gasteiger partial charge in [0.05, 0.1) is 0 Å². The van der Waals surface area contributed by atoms with Crippen LogP contribution in [0.25, 0.3) is 0 Å². The third-order valence-electron chi connectivity index (χ3n) is 2.67. The lowest BCUT2D eigenvalue weighted by atomic mass is 10.00. The molecule has 0 saturated carbocycles. The Balaban J connectivity index is 2.26. The molecule has 0 heterocycles. The molecule has 0 bridgehead atoms. The molecule has 1 amide bonds. The van der Waals surface area contributed by atoms with E-state index in [1.807, 2.05) is 13.8 Å². The molecule has 0 fully saturated rings. The van der Waals surface area contributed by atoms with Crippen LogP contribution < -0.4 is 11.1 Å². The first-order chi connectivity index (χ1) is 8.38. The molecule has 0 aliphatic heterocycles. The molecule has 0 aliphatic rings. The zero-order valence-electron chi connectivity index (χ0n) is 11.0. The summed E-state index contributed by atoms with van der Waals surface area (Å²) in [5.41, 5.74) is 6.09. The van der Waals surface area contributed by atoms with Crippen molar-refractivity contribution in [2.45, 2.75) is 38.6 Å². The monoisotopic (exact) mass is 252 g/mol. The molecule has 3 N–H and O–H groups in total. The van der Waals surface area contributed by atoms with Gasteiger partial charge in [-0.15, -0.1) is 0 Å². The first-order valence-corrected chi connectivity index (χ1v) is 6.17. The van der Waals surface area contributed by atoms with E-state index in [4.69, 9.17) is 5.73 Å². The van der Waals surface area contributed by atoms with E-state index in [9.17, 15) is 9.18 Å². The molecular weight excluding hydrogens is 231 g/mol. The summed E-state index contributed by atoms with van der Waals surface area (Å²) >= 11 is 0. The Morgan fingerprint density at radius 1 is 1.39 bits per heavy atom. The minimum atomic E-state index is -0.330. The van der Waals surface area contributed by atoms with Crippen molar-refractivity contribution >= 4 is 5.91 Å². The zero-order valence-corrected chi connectivity index (χ0v) is 11.0. The van der Waals surface area contributed by atoms with E-state index in [-0.39, 0.29) is 17.3 Å². The van der Waals surface area contributed by atoms with Crippen molar-refractivity contribution in [3.05, 3.63) is 35.6 Å². The van der Waals surface area contributed by atoms with Crippen LogP contribution in [0.1, 0.15) is 32.3 Å². The van der Waals surface area contributed by atoms with Crippen molar-refractivity contribution in [3.63, 3.8) is 0 Å². The molecule has 4 heteroatoms. The largest absolute Gasteiger partial charge is 0.356 e. The number of nitrogens with one attached hydrogen (secondary N) is 1.